The van der Waals surface area contributed by atoms with Gasteiger partial charge in [-0.25, -0.2) is 9.37 Å². The summed E-state index contributed by atoms with van der Waals surface area (Å²) in [6.45, 7) is 0.967. The van der Waals surface area contributed by atoms with E-state index in [1.807, 2.05) is 6.07 Å². The van der Waals surface area contributed by atoms with Gasteiger partial charge in [0.25, 0.3) is 5.91 Å². The molecule has 1 atom stereocenters. The average Bonchev–Trinajstić information content (AvgIpc) is 3.38. The van der Waals surface area contributed by atoms with Gasteiger partial charge in [0.15, 0.2) is 0 Å². The van der Waals surface area contributed by atoms with Gasteiger partial charge in [0.05, 0.1) is 23.9 Å². The maximum absolute atomic E-state index is 13.1. The molecule has 28 heavy (non-hydrogen) atoms. The highest BCUT2D eigenvalue weighted by atomic mass is 19.1. The van der Waals surface area contributed by atoms with E-state index in [2.05, 4.69) is 15.2 Å². The molecule has 2 aromatic heterocycles. The summed E-state index contributed by atoms with van der Waals surface area (Å²) >= 11 is 0. The van der Waals surface area contributed by atoms with E-state index in [4.69, 9.17) is 10.00 Å². The molecule has 1 aliphatic heterocycles. The van der Waals surface area contributed by atoms with Gasteiger partial charge in [-0.1, -0.05) is 0 Å². The third kappa shape index (κ3) is 3.69. The second-order valence-corrected chi connectivity index (χ2v) is 6.45. The van der Waals surface area contributed by atoms with Crippen molar-refractivity contribution in [1.29, 1.82) is 5.26 Å². The number of benzene rings is 1. The Morgan fingerprint density at radius 3 is 2.89 bits per heavy atom. The fraction of sp³-hybridized carbons (Fsp3) is 0.200. The van der Waals surface area contributed by atoms with Gasteiger partial charge >= 0.3 is 0 Å². The molecule has 1 aromatic carbocycles. The molecule has 140 valence electrons. The van der Waals surface area contributed by atoms with Gasteiger partial charge in [-0.05, 0) is 36.4 Å². The van der Waals surface area contributed by atoms with Crippen molar-refractivity contribution >= 4 is 5.91 Å². The van der Waals surface area contributed by atoms with Crippen molar-refractivity contribution in [3.05, 3.63) is 65.7 Å². The lowest BCUT2D eigenvalue weighted by molar-refractivity contribution is 0.0765. The fourth-order valence-corrected chi connectivity index (χ4v) is 3.09. The minimum atomic E-state index is -0.325. The van der Waals surface area contributed by atoms with Gasteiger partial charge in [-0.3, -0.25) is 9.89 Å². The third-order valence-corrected chi connectivity index (χ3v) is 4.53. The smallest absolute Gasteiger partial charge is 0.272 e. The van der Waals surface area contributed by atoms with Gasteiger partial charge < -0.3 is 9.64 Å². The largest absolute Gasteiger partial charge is 0.472 e. The second-order valence-electron chi connectivity index (χ2n) is 6.45. The molecule has 8 heteroatoms. The lowest BCUT2D eigenvalue weighted by atomic mass is 10.1. The summed E-state index contributed by atoms with van der Waals surface area (Å²) in [5.41, 5.74) is 2.14. The van der Waals surface area contributed by atoms with Crippen molar-refractivity contribution in [2.45, 2.75) is 12.5 Å². The normalized spacial score (nSPS) is 16.0. The van der Waals surface area contributed by atoms with Crippen LogP contribution in [-0.4, -0.2) is 45.2 Å². The minimum absolute atomic E-state index is 0.175. The lowest BCUT2D eigenvalue weighted by Gasteiger charge is -2.16. The summed E-state index contributed by atoms with van der Waals surface area (Å²) in [6.07, 6.45) is 2.00. The Kier molecular flexibility index (Phi) is 4.72. The minimum Gasteiger partial charge on any atom is -0.472 e. The van der Waals surface area contributed by atoms with Crippen LogP contribution in [0.1, 0.15) is 22.5 Å². The SMILES string of the molecule is N#Cc1ccnc(OC2CCN(C(=O)c3cc(-c4ccc(F)cc4)n[nH]3)C2)c1. The Morgan fingerprint density at radius 2 is 2.11 bits per heavy atom. The number of amides is 1. The number of halogens is 1. The number of aromatic amines is 1. The van der Waals surface area contributed by atoms with E-state index in [-0.39, 0.29) is 17.8 Å². The van der Waals surface area contributed by atoms with Crippen LogP contribution < -0.4 is 4.74 Å². The molecule has 4 rings (SSSR count). The molecule has 0 aliphatic carbocycles. The first-order chi connectivity index (χ1) is 13.6. The Balaban J connectivity index is 1.41. The zero-order chi connectivity index (χ0) is 19.5. The zero-order valence-electron chi connectivity index (χ0n) is 14.8. The molecule has 0 spiro atoms. The van der Waals surface area contributed by atoms with E-state index in [0.717, 1.165) is 5.56 Å². The number of aromatic nitrogens is 3. The number of rotatable bonds is 4. The summed E-state index contributed by atoms with van der Waals surface area (Å²) in [5, 5.41) is 15.8. The Morgan fingerprint density at radius 1 is 1.29 bits per heavy atom. The summed E-state index contributed by atoms with van der Waals surface area (Å²) in [5.74, 6) is -0.127. The van der Waals surface area contributed by atoms with E-state index in [9.17, 15) is 9.18 Å². The predicted octanol–water partition coefficient (Wildman–Crippen LogP) is 2.78. The lowest BCUT2D eigenvalue weighted by Crippen LogP contribution is -2.31. The first-order valence-electron chi connectivity index (χ1n) is 8.76. The standard InChI is InChI=1S/C20H16FN5O2/c21-15-3-1-14(2-4-15)17-10-18(25-24-17)20(27)26-8-6-16(12-26)28-19-9-13(11-22)5-7-23-19/h1-5,7,9-10,16H,6,8,12H2,(H,24,25). The first kappa shape index (κ1) is 17.7. The van der Waals surface area contributed by atoms with Crippen molar-refractivity contribution < 1.29 is 13.9 Å². The quantitative estimate of drug-likeness (QED) is 0.754. The van der Waals surface area contributed by atoms with Gasteiger partial charge in [0, 0.05) is 30.8 Å². The Hall–Kier alpha value is -3.73. The van der Waals surface area contributed by atoms with Crippen LogP contribution in [0.5, 0.6) is 5.88 Å². The van der Waals surface area contributed by atoms with Crippen molar-refractivity contribution in [3.63, 3.8) is 0 Å². The van der Waals surface area contributed by atoms with Gasteiger partial charge in [0.1, 0.15) is 17.6 Å². The summed E-state index contributed by atoms with van der Waals surface area (Å²) in [7, 11) is 0. The van der Waals surface area contributed by atoms with E-state index in [1.54, 1.807) is 35.2 Å². The number of hydrogen-bond acceptors (Lipinski definition) is 5. The zero-order valence-corrected chi connectivity index (χ0v) is 14.8. The van der Waals surface area contributed by atoms with E-state index in [1.165, 1.54) is 18.3 Å². The number of nitriles is 1. The van der Waals surface area contributed by atoms with Gasteiger partial charge in [0.2, 0.25) is 5.88 Å². The van der Waals surface area contributed by atoms with E-state index >= 15 is 0 Å². The molecule has 0 bridgehead atoms. The highest BCUT2D eigenvalue weighted by Gasteiger charge is 2.29. The molecular formula is C20H16FN5O2. The Bertz CT molecular complexity index is 1040. The van der Waals surface area contributed by atoms with Crippen LogP contribution in [0.4, 0.5) is 4.39 Å². The average molecular weight is 377 g/mol. The van der Waals surface area contributed by atoms with Crippen molar-refractivity contribution in [2.24, 2.45) is 0 Å². The molecular weight excluding hydrogens is 361 g/mol. The predicted molar refractivity (Wildman–Crippen MR) is 97.9 cm³/mol. The molecule has 0 saturated carbocycles. The topological polar surface area (TPSA) is 94.9 Å². The molecule has 7 nitrogen and oxygen atoms in total. The molecule has 1 unspecified atom stereocenters. The van der Waals surface area contributed by atoms with Crippen LogP contribution in [0.2, 0.25) is 0 Å². The van der Waals surface area contributed by atoms with E-state index in [0.29, 0.717) is 42.3 Å². The van der Waals surface area contributed by atoms with Crippen molar-refractivity contribution in [2.75, 3.05) is 13.1 Å². The first-order valence-corrected chi connectivity index (χ1v) is 8.76. The number of carbonyl (C=O) groups excluding carboxylic acids is 1. The maximum atomic E-state index is 13.1. The van der Waals surface area contributed by atoms with Crippen molar-refractivity contribution in [3.8, 4) is 23.2 Å². The van der Waals surface area contributed by atoms with Gasteiger partial charge in [-0.2, -0.15) is 10.4 Å². The highest BCUT2D eigenvalue weighted by Crippen LogP contribution is 2.21. The summed E-state index contributed by atoms with van der Waals surface area (Å²) in [4.78, 5) is 18.5. The third-order valence-electron chi connectivity index (χ3n) is 4.53. The van der Waals surface area contributed by atoms with Gasteiger partial charge in [-0.15, -0.1) is 0 Å². The summed E-state index contributed by atoms with van der Waals surface area (Å²) in [6, 6.07) is 12.8. The number of nitrogens with zero attached hydrogens (tertiary/aromatic N) is 4. The van der Waals surface area contributed by atoms with Crippen LogP contribution >= 0.6 is 0 Å². The molecule has 1 fully saturated rings. The molecule has 1 amide bonds. The van der Waals surface area contributed by atoms with Crippen LogP contribution in [-0.2, 0) is 0 Å². The fourth-order valence-electron chi connectivity index (χ4n) is 3.09. The number of pyridine rings is 1. The maximum Gasteiger partial charge on any atom is 0.272 e. The highest BCUT2D eigenvalue weighted by molar-refractivity contribution is 5.93. The van der Waals surface area contributed by atoms with Crippen LogP contribution in [0.15, 0.2) is 48.7 Å². The molecule has 1 aliphatic rings. The summed E-state index contributed by atoms with van der Waals surface area (Å²) < 4.78 is 18.9. The van der Waals surface area contributed by atoms with Crippen LogP contribution in [0, 0.1) is 17.1 Å². The molecule has 3 aromatic rings. The number of H-pyrrole nitrogens is 1. The number of carbonyl (C=O) groups is 1. The molecule has 1 saturated heterocycles. The van der Waals surface area contributed by atoms with Crippen LogP contribution in [0.25, 0.3) is 11.3 Å². The Labute approximate surface area is 160 Å². The van der Waals surface area contributed by atoms with Crippen LogP contribution in [0.3, 0.4) is 0 Å². The number of likely N-dealkylation sites (tertiary alicyclic amines) is 1. The molecule has 0 radical (unpaired) electrons. The van der Waals surface area contributed by atoms with E-state index < -0.39 is 0 Å². The second kappa shape index (κ2) is 7.48. The number of hydrogen-bond donors (Lipinski definition) is 1. The number of ether oxygens (including phenoxy) is 1. The monoisotopic (exact) mass is 377 g/mol. The molecule has 1 N–H and O–H groups in total. The molecule has 3 heterocycles. The number of nitrogens with one attached hydrogen (secondary N) is 1. The van der Waals surface area contributed by atoms with Crippen molar-refractivity contribution in [1.82, 2.24) is 20.1 Å².